The third-order valence-electron chi connectivity index (χ3n) is 3.82. The fourth-order valence-electron chi connectivity index (χ4n) is 2.72. The topological polar surface area (TPSA) is 72.8 Å². The summed E-state index contributed by atoms with van der Waals surface area (Å²) in [5.74, 6) is -1.11. The maximum Gasteiger partial charge on any atom is 0.324 e. The average molecular weight is 314 g/mol. The van der Waals surface area contributed by atoms with Crippen LogP contribution in [-0.2, 0) is 19.1 Å². The lowest BCUT2D eigenvalue weighted by Crippen LogP contribution is -2.56. The largest absolute Gasteiger partial charge is 0.459 e. The predicted octanol–water partition coefficient (Wildman–Crippen LogP) is 2.84. The number of hydrogen-bond donors (Lipinski definition) is 1. The SMILES string of the molecule is CC(C)(C)OC(=O)C1(C(=O)OC(C)(C)C)CCC1CCCO. The Labute approximate surface area is 133 Å². The van der Waals surface area contributed by atoms with Crippen LogP contribution in [0.15, 0.2) is 0 Å². The minimum Gasteiger partial charge on any atom is -0.459 e. The summed E-state index contributed by atoms with van der Waals surface area (Å²) in [4.78, 5) is 25.4. The Hall–Kier alpha value is -1.10. The van der Waals surface area contributed by atoms with E-state index in [9.17, 15) is 9.59 Å². The van der Waals surface area contributed by atoms with E-state index in [-0.39, 0.29) is 12.5 Å². The van der Waals surface area contributed by atoms with Crippen molar-refractivity contribution >= 4 is 11.9 Å². The molecule has 1 rings (SSSR count). The van der Waals surface area contributed by atoms with Crippen LogP contribution >= 0.6 is 0 Å². The first-order valence-corrected chi connectivity index (χ1v) is 8.00. The first-order valence-electron chi connectivity index (χ1n) is 8.00. The summed E-state index contributed by atoms with van der Waals surface area (Å²) in [6.07, 6.45) is 2.42. The molecule has 0 saturated heterocycles. The number of esters is 2. The van der Waals surface area contributed by atoms with Crippen molar-refractivity contribution in [3.8, 4) is 0 Å². The maximum atomic E-state index is 12.7. The molecule has 22 heavy (non-hydrogen) atoms. The van der Waals surface area contributed by atoms with Gasteiger partial charge in [0.15, 0.2) is 5.41 Å². The summed E-state index contributed by atoms with van der Waals surface area (Å²) in [6, 6.07) is 0. The molecule has 5 nitrogen and oxygen atoms in total. The molecule has 1 aliphatic rings. The number of ether oxygens (including phenoxy) is 2. The fourth-order valence-corrected chi connectivity index (χ4v) is 2.72. The van der Waals surface area contributed by atoms with Crippen LogP contribution in [0.4, 0.5) is 0 Å². The summed E-state index contributed by atoms with van der Waals surface area (Å²) in [7, 11) is 0. The van der Waals surface area contributed by atoms with E-state index in [4.69, 9.17) is 14.6 Å². The maximum absolute atomic E-state index is 12.7. The first kappa shape index (κ1) is 18.9. The molecule has 1 saturated carbocycles. The van der Waals surface area contributed by atoms with Gasteiger partial charge in [-0.15, -0.1) is 0 Å². The Morgan fingerprint density at radius 2 is 1.50 bits per heavy atom. The molecule has 1 unspecified atom stereocenters. The van der Waals surface area contributed by atoms with Crippen LogP contribution < -0.4 is 0 Å². The number of aliphatic hydroxyl groups is 1. The summed E-state index contributed by atoms with van der Waals surface area (Å²) >= 11 is 0. The smallest absolute Gasteiger partial charge is 0.324 e. The lowest BCUT2D eigenvalue weighted by molar-refractivity contribution is -0.200. The van der Waals surface area contributed by atoms with Gasteiger partial charge in [-0.2, -0.15) is 0 Å². The highest BCUT2D eigenvalue weighted by atomic mass is 16.6. The molecular weight excluding hydrogens is 284 g/mol. The molecule has 0 radical (unpaired) electrons. The van der Waals surface area contributed by atoms with Gasteiger partial charge in [0.2, 0.25) is 0 Å². The molecule has 5 heteroatoms. The average Bonchev–Trinajstić information content (AvgIpc) is 2.23. The van der Waals surface area contributed by atoms with Gasteiger partial charge in [-0.3, -0.25) is 9.59 Å². The summed E-state index contributed by atoms with van der Waals surface area (Å²) in [5, 5.41) is 9.02. The quantitative estimate of drug-likeness (QED) is 0.624. The van der Waals surface area contributed by atoms with Gasteiger partial charge in [0.1, 0.15) is 11.2 Å². The standard InChI is InChI=1S/C17H30O5/c1-15(2,3)21-13(19)17(14(20)22-16(4,5)6)10-9-12(17)8-7-11-18/h12,18H,7-11H2,1-6H3. The molecule has 0 aromatic carbocycles. The first-order chi connectivity index (χ1) is 9.92. The molecule has 0 bridgehead atoms. The van der Waals surface area contributed by atoms with E-state index in [2.05, 4.69) is 0 Å². The van der Waals surface area contributed by atoms with Crippen LogP contribution in [0.2, 0.25) is 0 Å². The van der Waals surface area contributed by atoms with Crippen molar-refractivity contribution < 1.29 is 24.2 Å². The molecule has 0 amide bonds. The van der Waals surface area contributed by atoms with E-state index < -0.39 is 28.6 Å². The zero-order valence-electron chi connectivity index (χ0n) is 14.7. The van der Waals surface area contributed by atoms with Crippen molar-refractivity contribution in [2.24, 2.45) is 11.3 Å². The van der Waals surface area contributed by atoms with Gasteiger partial charge in [-0.1, -0.05) is 0 Å². The van der Waals surface area contributed by atoms with E-state index >= 15 is 0 Å². The summed E-state index contributed by atoms with van der Waals surface area (Å²) in [5.41, 5.74) is -2.51. The fraction of sp³-hybridized carbons (Fsp3) is 0.882. The third-order valence-corrected chi connectivity index (χ3v) is 3.82. The highest BCUT2D eigenvalue weighted by Gasteiger charge is 2.61. The van der Waals surface area contributed by atoms with E-state index in [1.165, 1.54) is 0 Å². The lowest BCUT2D eigenvalue weighted by atomic mass is 9.58. The van der Waals surface area contributed by atoms with Gasteiger partial charge in [0.25, 0.3) is 0 Å². The second-order valence-corrected chi connectivity index (χ2v) is 8.08. The third kappa shape index (κ3) is 4.45. The molecule has 0 aliphatic heterocycles. The van der Waals surface area contributed by atoms with Gasteiger partial charge in [0.05, 0.1) is 0 Å². The molecule has 0 spiro atoms. The van der Waals surface area contributed by atoms with Crippen molar-refractivity contribution in [1.29, 1.82) is 0 Å². The Balaban J connectivity index is 3.00. The molecule has 1 atom stereocenters. The Kier molecular flexibility index (Phi) is 5.66. The normalized spacial score (nSPS) is 21.0. The second kappa shape index (κ2) is 6.57. The highest BCUT2D eigenvalue weighted by molar-refractivity contribution is 6.01. The molecule has 128 valence electrons. The van der Waals surface area contributed by atoms with Crippen LogP contribution in [0, 0.1) is 11.3 Å². The van der Waals surface area contributed by atoms with Crippen LogP contribution in [-0.4, -0.2) is 34.9 Å². The van der Waals surface area contributed by atoms with Gasteiger partial charge in [0, 0.05) is 6.61 Å². The zero-order valence-corrected chi connectivity index (χ0v) is 14.7. The molecule has 1 N–H and O–H groups in total. The second-order valence-electron chi connectivity index (χ2n) is 8.08. The van der Waals surface area contributed by atoms with Crippen molar-refractivity contribution in [2.45, 2.75) is 78.4 Å². The van der Waals surface area contributed by atoms with Crippen molar-refractivity contribution in [2.75, 3.05) is 6.61 Å². The predicted molar refractivity (Wildman–Crippen MR) is 83.2 cm³/mol. The van der Waals surface area contributed by atoms with Crippen molar-refractivity contribution in [1.82, 2.24) is 0 Å². The number of aliphatic hydroxyl groups excluding tert-OH is 1. The number of carbonyl (C=O) groups is 2. The van der Waals surface area contributed by atoms with E-state index in [0.29, 0.717) is 19.3 Å². The van der Waals surface area contributed by atoms with E-state index in [1.54, 1.807) is 41.5 Å². The van der Waals surface area contributed by atoms with E-state index in [1.807, 2.05) is 0 Å². The molecule has 0 aromatic heterocycles. The number of hydrogen-bond acceptors (Lipinski definition) is 5. The van der Waals surface area contributed by atoms with Crippen LogP contribution in [0.1, 0.15) is 67.2 Å². The van der Waals surface area contributed by atoms with Gasteiger partial charge in [-0.05, 0) is 73.1 Å². The molecule has 0 heterocycles. The summed E-state index contributed by atoms with van der Waals surface area (Å²) < 4.78 is 11.0. The molecule has 0 aromatic rings. The van der Waals surface area contributed by atoms with Crippen LogP contribution in [0.25, 0.3) is 0 Å². The van der Waals surface area contributed by atoms with Crippen molar-refractivity contribution in [3.05, 3.63) is 0 Å². The molecular formula is C17H30O5. The minimum absolute atomic E-state index is 0.0508. The summed E-state index contributed by atoms with van der Waals surface area (Å²) in [6.45, 7) is 10.8. The van der Waals surface area contributed by atoms with Crippen LogP contribution in [0.5, 0.6) is 0 Å². The van der Waals surface area contributed by atoms with Gasteiger partial charge in [-0.25, -0.2) is 0 Å². The number of carbonyl (C=O) groups excluding carboxylic acids is 2. The zero-order chi connectivity index (χ0) is 17.2. The lowest BCUT2D eigenvalue weighted by Gasteiger charge is -2.47. The molecule has 1 aliphatic carbocycles. The monoisotopic (exact) mass is 314 g/mol. The minimum atomic E-state index is -1.21. The van der Waals surface area contributed by atoms with Crippen molar-refractivity contribution in [3.63, 3.8) is 0 Å². The molecule has 1 fully saturated rings. The Morgan fingerprint density at radius 1 is 1.05 bits per heavy atom. The van der Waals surface area contributed by atoms with Crippen LogP contribution in [0.3, 0.4) is 0 Å². The Bertz CT molecular complexity index is 386. The Morgan fingerprint density at radius 3 is 1.77 bits per heavy atom. The van der Waals surface area contributed by atoms with Gasteiger partial charge >= 0.3 is 11.9 Å². The highest BCUT2D eigenvalue weighted by Crippen LogP contribution is 2.52. The van der Waals surface area contributed by atoms with E-state index in [0.717, 1.165) is 6.42 Å². The van der Waals surface area contributed by atoms with Gasteiger partial charge < -0.3 is 14.6 Å². The number of rotatable bonds is 5.